The van der Waals surface area contributed by atoms with Gasteiger partial charge in [-0.1, -0.05) is 24.6 Å². The Labute approximate surface area is 124 Å². The highest BCUT2D eigenvalue weighted by atomic mass is 14.9. The Morgan fingerprint density at radius 1 is 1.15 bits per heavy atom. The molecule has 0 heterocycles. The quantitative estimate of drug-likeness (QED) is 0.843. The van der Waals surface area contributed by atoms with Crippen LogP contribution in [0.5, 0.6) is 0 Å². The van der Waals surface area contributed by atoms with Crippen molar-refractivity contribution in [2.75, 3.05) is 7.05 Å². The molecule has 0 radical (unpaired) electrons. The van der Waals surface area contributed by atoms with Gasteiger partial charge in [-0.05, 0) is 87.4 Å². The van der Waals surface area contributed by atoms with E-state index in [1.165, 1.54) is 49.7 Å². The van der Waals surface area contributed by atoms with Gasteiger partial charge in [0.05, 0.1) is 0 Å². The molecule has 2 saturated carbocycles. The van der Waals surface area contributed by atoms with Crippen molar-refractivity contribution in [1.29, 1.82) is 0 Å². The normalized spacial score (nSPS) is 29.9. The van der Waals surface area contributed by atoms with Crippen molar-refractivity contribution in [3.8, 4) is 0 Å². The van der Waals surface area contributed by atoms with Gasteiger partial charge in [-0.25, -0.2) is 0 Å². The van der Waals surface area contributed by atoms with E-state index in [0.717, 1.165) is 17.8 Å². The standard InChI is InChI=1S/C19H29N/c1-13-5-4-6-14(2)19(13)12-18(20-3)11-17-10-15-7-8-16(17)9-15/h4-6,15-18,20H,7-12H2,1-3H3. The molecule has 1 N–H and O–H groups in total. The van der Waals surface area contributed by atoms with Crippen LogP contribution in [0.1, 0.15) is 48.8 Å². The zero-order chi connectivity index (χ0) is 14.1. The minimum absolute atomic E-state index is 0.652. The molecule has 3 rings (SSSR count). The molecule has 2 aliphatic rings. The number of benzene rings is 1. The maximum atomic E-state index is 3.59. The molecule has 0 spiro atoms. The average molecular weight is 271 g/mol. The lowest BCUT2D eigenvalue weighted by atomic mass is 9.82. The Hall–Kier alpha value is -0.820. The molecule has 0 amide bonds. The van der Waals surface area contributed by atoms with Crippen molar-refractivity contribution in [2.24, 2.45) is 17.8 Å². The van der Waals surface area contributed by atoms with Gasteiger partial charge in [0.2, 0.25) is 0 Å². The van der Waals surface area contributed by atoms with Gasteiger partial charge in [0.25, 0.3) is 0 Å². The van der Waals surface area contributed by atoms with Gasteiger partial charge in [0.1, 0.15) is 0 Å². The molecule has 0 aromatic heterocycles. The third kappa shape index (κ3) is 2.79. The fourth-order valence-electron chi connectivity index (χ4n) is 4.75. The van der Waals surface area contributed by atoms with Crippen LogP contribution in [-0.4, -0.2) is 13.1 Å². The van der Waals surface area contributed by atoms with Crippen molar-refractivity contribution >= 4 is 0 Å². The second kappa shape index (κ2) is 5.89. The zero-order valence-electron chi connectivity index (χ0n) is 13.3. The predicted octanol–water partition coefficient (Wildman–Crippen LogP) is 4.26. The van der Waals surface area contributed by atoms with Gasteiger partial charge in [-0.15, -0.1) is 0 Å². The number of hydrogen-bond donors (Lipinski definition) is 1. The molecule has 2 bridgehead atoms. The fourth-order valence-corrected chi connectivity index (χ4v) is 4.75. The summed E-state index contributed by atoms with van der Waals surface area (Å²) in [5.41, 5.74) is 4.48. The number of aryl methyl sites for hydroxylation is 2. The van der Waals surface area contributed by atoms with Crippen LogP contribution in [0.3, 0.4) is 0 Å². The summed E-state index contributed by atoms with van der Waals surface area (Å²) in [5.74, 6) is 3.12. The van der Waals surface area contributed by atoms with Gasteiger partial charge in [0.15, 0.2) is 0 Å². The van der Waals surface area contributed by atoms with Gasteiger partial charge >= 0.3 is 0 Å². The number of nitrogens with one attached hydrogen (secondary N) is 1. The highest BCUT2D eigenvalue weighted by Crippen LogP contribution is 2.50. The molecule has 1 aromatic rings. The van der Waals surface area contributed by atoms with Crippen LogP contribution in [0.2, 0.25) is 0 Å². The zero-order valence-corrected chi connectivity index (χ0v) is 13.3. The molecular formula is C19H29N. The fraction of sp³-hybridized carbons (Fsp3) is 0.684. The summed E-state index contributed by atoms with van der Waals surface area (Å²) in [6.45, 7) is 4.51. The molecule has 0 aliphatic heterocycles. The van der Waals surface area contributed by atoms with E-state index >= 15 is 0 Å². The number of hydrogen-bond acceptors (Lipinski definition) is 1. The molecule has 110 valence electrons. The van der Waals surface area contributed by atoms with Crippen molar-refractivity contribution in [3.05, 3.63) is 34.9 Å². The van der Waals surface area contributed by atoms with Crippen LogP contribution in [0.25, 0.3) is 0 Å². The first kappa shape index (κ1) is 14.1. The Morgan fingerprint density at radius 3 is 2.45 bits per heavy atom. The summed E-state index contributed by atoms with van der Waals surface area (Å²) in [7, 11) is 2.14. The molecule has 1 aromatic carbocycles. The van der Waals surface area contributed by atoms with Gasteiger partial charge < -0.3 is 5.32 Å². The first-order valence-electron chi connectivity index (χ1n) is 8.39. The van der Waals surface area contributed by atoms with Crippen molar-refractivity contribution in [2.45, 2.75) is 58.4 Å². The number of likely N-dealkylation sites (N-methyl/N-ethyl adjacent to an activating group) is 1. The van der Waals surface area contributed by atoms with E-state index in [1.807, 2.05) is 0 Å². The topological polar surface area (TPSA) is 12.0 Å². The van der Waals surface area contributed by atoms with Crippen LogP contribution in [0.4, 0.5) is 0 Å². The number of rotatable bonds is 5. The minimum Gasteiger partial charge on any atom is -0.317 e. The second-order valence-corrected chi connectivity index (χ2v) is 7.23. The van der Waals surface area contributed by atoms with Crippen LogP contribution in [0, 0.1) is 31.6 Å². The SMILES string of the molecule is CNC(Cc1c(C)cccc1C)CC1CC2CCC1C2. The molecular weight excluding hydrogens is 242 g/mol. The maximum Gasteiger partial charge on any atom is 0.0107 e. The molecule has 20 heavy (non-hydrogen) atoms. The monoisotopic (exact) mass is 271 g/mol. The highest BCUT2D eigenvalue weighted by Gasteiger charge is 2.39. The lowest BCUT2D eigenvalue weighted by Gasteiger charge is -2.27. The Morgan fingerprint density at radius 2 is 1.90 bits per heavy atom. The lowest BCUT2D eigenvalue weighted by Crippen LogP contribution is -2.32. The summed E-state index contributed by atoms with van der Waals surface area (Å²) >= 11 is 0. The minimum atomic E-state index is 0.652. The molecule has 2 fully saturated rings. The second-order valence-electron chi connectivity index (χ2n) is 7.23. The Kier molecular flexibility index (Phi) is 4.16. The van der Waals surface area contributed by atoms with E-state index < -0.39 is 0 Å². The van der Waals surface area contributed by atoms with Gasteiger partial charge in [-0.3, -0.25) is 0 Å². The van der Waals surface area contributed by atoms with E-state index in [4.69, 9.17) is 0 Å². The van der Waals surface area contributed by atoms with Gasteiger partial charge in [0, 0.05) is 6.04 Å². The van der Waals surface area contributed by atoms with Crippen LogP contribution >= 0.6 is 0 Å². The lowest BCUT2D eigenvalue weighted by molar-refractivity contribution is 0.281. The van der Waals surface area contributed by atoms with E-state index in [9.17, 15) is 0 Å². The molecule has 0 saturated heterocycles. The molecule has 4 unspecified atom stereocenters. The van der Waals surface area contributed by atoms with E-state index in [0.29, 0.717) is 6.04 Å². The summed E-state index contributed by atoms with van der Waals surface area (Å²) in [5, 5.41) is 3.59. The van der Waals surface area contributed by atoms with E-state index in [-0.39, 0.29) is 0 Å². The molecule has 1 nitrogen and oxygen atoms in total. The largest absolute Gasteiger partial charge is 0.317 e. The molecule has 2 aliphatic carbocycles. The smallest absolute Gasteiger partial charge is 0.0107 e. The van der Waals surface area contributed by atoms with E-state index in [2.05, 4.69) is 44.4 Å². The first-order valence-corrected chi connectivity index (χ1v) is 8.39. The summed E-state index contributed by atoms with van der Waals surface area (Å²) in [6, 6.07) is 7.34. The van der Waals surface area contributed by atoms with Crippen molar-refractivity contribution in [3.63, 3.8) is 0 Å². The summed E-state index contributed by atoms with van der Waals surface area (Å²) in [4.78, 5) is 0. The third-order valence-corrected chi connectivity index (χ3v) is 5.98. The van der Waals surface area contributed by atoms with Gasteiger partial charge in [-0.2, -0.15) is 0 Å². The summed E-state index contributed by atoms with van der Waals surface area (Å²) < 4.78 is 0. The molecule has 1 heteroatoms. The van der Waals surface area contributed by atoms with Crippen molar-refractivity contribution < 1.29 is 0 Å². The predicted molar refractivity (Wildman–Crippen MR) is 86.0 cm³/mol. The third-order valence-electron chi connectivity index (χ3n) is 5.98. The Balaban J connectivity index is 1.65. The van der Waals surface area contributed by atoms with Crippen LogP contribution < -0.4 is 5.32 Å². The van der Waals surface area contributed by atoms with E-state index in [1.54, 1.807) is 5.56 Å². The number of fused-ring (bicyclic) bond motifs is 2. The van der Waals surface area contributed by atoms with Crippen molar-refractivity contribution in [1.82, 2.24) is 5.32 Å². The van der Waals surface area contributed by atoms with Crippen LogP contribution in [0.15, 0.2) is 18.2 Å². The highest BCUT2D eigenvalue weighted by molar-refractivity contribution is 5.34. The van der Waals surface area contributed by atoms with Crippen LogP contribution in [-0.2, 0) is 6.42 Å². The summed E-state index contributed by atoms with van der Waals surface area (Å²) in [6.07, 6.45) is 8.64. The molecule has 4 atom stereocenters. The average Bonchev–Trinajstić information content (AvgIpc) is 3.04. The Bertz CT molecular complexity index is 445. The maximum absolute atomic E-state index is 3.59. The first-order chi connectivity index (χ1) is 9.67.